The number of hydrogen-bond acceptors (Lipinski definition) is 11. The fourth-order valence-electron chi connectivity index (χ4n) is 6.17. The molecule has 3 aromatic rings. The highest BCUT2D eigenvalue weighted by atomic mass is 32.2. The van der Waals surface area contributed by atoms with Crippen LogP contribution in [0.4, 0.5) is 22.2 Å². The first-order valence-corrected chi connectivity index (χ1v) is 22.2. The number of carbonyl (C=O) groups is 3. The van der Waals surface area contributed by atoms with Gasteiger partial charge in [0.1, 0.15) is 23.8 Å². The molecule has 2 amide bonds. The van der Waals surface area contributed by atoms with Crippen molar-refractivity contribution >= 4 is 58.3 Å². The largest absolute Gasteiger partial charge is 0.465 e. The SMILES string of the molecule is CCCCCCCCCCCCCCCC(=O)OCCSC[C@H](NC(=O)OC(C)(C)C)C(=O)Nc1ccc(Cn2c(=O)[nH]c3c(N)nc(NCCCC)nc32)cc1. The molecule has 0 aliphatic carbocycles. The smallest absolute Gasteiger partial charge is 0.408 e. The number of nitrogens with zero attached hydrogens (tertiary/aromatic N) is 3. The number of amides is 2. The number of hydrogen-bond donors (Lipinski definition) is 5. The van der Waals surface area contributed by atoms with E-state index in [-0.39, 0.29) is 36.4 Å². The van der Waals surface area contributed by atoms with Crippen molar-refractivity contribution in [2.24, 2.45) is 0 Å². The van der Waals surface area contributed by atoms with Gasteiger partial charge in [-0.2, -0.15) is 21.7 Å². The van der Waals surface area contributed by atoms with E-state index in [1.165, 1.54) is 80.5 Å². The van der Waals surface area contributed by atoms with Gasteiger partial charge in [-0.1, -0.05) is 109 Å². The normalized spacial score (nSPS) is 12.0. The lowest BCUT2D eigenvalue weighted by Gasteiger charge is -2.23. The second kappa shape index (κ2) is 25.9. The first kappa shape index (κ1) is 47.1. The summed E-state index contributed by atoms with van der Waals surface area (Å²) in [7, 11) is 0. The number of esters is 1. The van der Waals surface area contributed by atoms with Crippen LogP contribution in [0.25, 0.3) is 11.2 Å². The number of aromatic nitrogens is 4. The first-order valence-electron chi connectivity index (χ1n) is 21.0. The number of nitrogen functional groups attached to an aromatic ring is 1. The Hall–Kier alpha value is -4.27. The highest BCUT2D eigenvalue weighted by Crippen LogP contribution is 2.19. The highest BCUT2D eigenvalue weighted by molar-refractivity contribution is 7.99. The van der Waals surface area contributed by atoms with Crippen LogP contribution in [0.15, 0.2) is 29.1 Å². The Balaban J connectivity index is 1.43. The molecule has 0 unspecified atom stereocenters. The minimum atomic E-state index is -0.916. The van der Waals surface area contributed by atoms with Crippen LogP contribution in [-0.2, 0) is 25.6 Å². The zero-order chi connectivity index (χ0) is 41.5. The van der Waals surface area contributed by atoms with E-state index in [2.05, 4.69) is 44.7 Å². The number of aromatic amines is 1. The molecule has 57 heavy (non-hydrogen) atoms. The summed E-state index contributed by atoms with van der Waals surface area (Å²) in [5, 5.41) is 8.70. The number of carbonyl (C=O) groups excluding carboxylic acids is 3. The quantitative estimate of drug-likeness (QED) is 0.0348. The molecular formula is C42H68N8O6S. The maximum atomic E-state index is 13.4. The number of fused-ring (bicyclic) bond motifs is 1. The molecule has 1 aromatic carbocycles. The zero-order valence-electron chi connectivity index (χ0n) is 35.0. The van der Waals surface area contributed by atoms with Gasteiger partial charge in [0.2, 0.25) is 11.9 Å². The molecule has 0 radical (unpaired) electrons. The van der Waals surface area contributed by atoms with Crippen molar-refractivity contribution in [1.29, 1.82) is 0 Å². The molecule has 14 nitrogen and oxygen atoms in total. The van der Waals surface area contributed by atoms with Crippen molar-refractivity contribution in [2.75, 3.05) is 41.0 Å². The van der Waals surface area contributed by atoms with Gasteiger partial charge in [0.25, 0.3) is 0 Å². The van der Waals surface area contributed by atoms with Gasteiger partial charge in [0, 0.05) is 30.2 Å². The Morgan fingerprint density at radius 3 is 2.11 bits per heavy atom. The Morgan fingerprint density at radius 2 is 1.49 bits per heavy atom. The summed E-state index contributed by atoms with van der Waals surface area (Å²) in [6.45, 7) is 10.7. The van der Waals surface area contributed by atoms with Crippen molar-refractivity contribution in [3.8, 4) is 0 Å². The van der Waals surface area contributed by atoms with E-state index >= 15 is 0 Å². The lowest BCUT2D eigenvalue weighted by Crippen LogP contribution is -2.47. The third kappa shape index (κ3) is 18.7. The second-order valence-corrected chi connectivity index (χ2v) is 16.8. The van der Waals surface area contributed by atoms with Crippen LogP contribution in [0.2, 0.25) is 0 Å². The Bertz CT molecular complexity index is 1710. The van der Waals surface area contributed by atoms with Crippen LogP contribution in [0.5, 0.6) is 0 Å². The zero-order valence-corrected chi connectivity index (χ0v) is 35.8. The number of alkyl carbamates (subject to hydrolysis) is 1. The van der Waals surface area contributed by atoms with E-state index in [1.807, 2.05) is 0 Å². The van der Waals surface area contributed by atoms with Crippen LogP contribution in [0.1, 0.15) is 143 Å². The summed E-state index contributed by atoms with van der Waals surface area (Å²) in [6.07, 6.45) is 17.9. The van der Waals surface area contributed by atoms with Gasteiger partial charge in [0.15, 0.2) is 11.5 Å². The third-order valence-electron chi connectivity index (χ3n) is 9.29. The maximum absolute atomic E-state index is 13.4. The van der Waals surface area contributed by atoms with Gasteiger partial charge >= 0.3 is 17.8 Å². The highest BCUT2D eigenvalue weighted by Gasteiger charge is 2.25. The average molecular weight is 813 g/mol. The number of ether oxygens (including phenoxy) is 2. The molecule has 0 aliphatic rings. The molecule has 0 saturated heterocycles. The molecule has 0 fully saturated rings. The van der Waals surface area contributed by atoms with E-state index in [1.54, 1.807) is 45.0 Å². The van der Waals surface area contributed by atoms with Crippen molar-refractivity contribution < 1.29 is 23.9 Å². The van der Waals surface area contributed by atoms with Crippen molar-refractivity contribution in [1.82, 2.24) is 24.8 Å². The number of H-pyrrole nitrogens is 1. The van der Waals surface area contributed by atoms with Crippen molar-refractivity contribution in [3.05, 3.63) is 40.3 Å². The minimum Gasteiger partial charge on any atom is -0.465 e. The van der Waals surface area contributed by atoms with Gasteiger partial charge < -0.3 is 36.1 Å². The van der Waals surface area contributed by atoms with Crippen molar-refractivity contribution in [2.45, 2.75) is 156 Å². The summed E-state index contributed by atoms with van der Waals surface area (Å²) in [4.78, 5) is 62.8. The Labute approximate surface area is 343 Å². The lowest BCUT2D eigenvalue weighted by molar-refractivity contribution is -0.143. The predicted octanol–water partition coefficient (Wildman–Crippen LogP) is 8.55. The fraction of sp³-hybridized carbons (Fsp3) is 0.667. The predicted molar refractivity (Wildman–Crippen MR) is 232 cm³/mol. The Morgan fingerprint density at radius 1 is 0.877 bits per heavy atom. The number of unbranched alkanes of at least 4 members (excludes halogenated alkanes) is 13. The van der Waals surface area contributed by atoms with E-state index in [0.29, 0.717) is 41.5 Å². The molecule has 0 spiro atoms. The second-order valence-electron chi connectivity index (χ2n) is 15.6. The molecule has 0 bridgehead atoms. The summed E-state index contributed by atoms with van der Waals surface area (Å²) in [5.41, 5.74) is 7.07. The molecule has 0 aliphatic heterocycles. The van der Waals surface area contributed by atoms with Crippen LogP contribution in [0, 0.1) is 0 Å². The van der Waals surface area contributed by atoms with Gasteiger partial charge in [-0.25, -0.2) is 9.59 Å². The molecule has 15 heteroatoms. The number of thioether (sulfide) groups is 1. The van der Waals surface area contributed by atoms with Gasteiger partial charge in [-0.3, -0.25) is 14.2 Å². The molecule has 1 atom stereocenters. The Kier molecular flexibility index (Phi) is 21.4. The summed E-state index contributed by atoms with van der Waals surface area (Å²) < 4.78 is 12.3. The van der Waals surface area contributed by atoms with E-state index in [0.717, 1.165) is 37.7 Å². The monoisotopic (exact) mass is 812 g/mol. The summed E-state index contributed by atoms with van der Waals surface area (Å²) >= 11 is 1.40. The third-order valence-corrected chi connectivity index (χ3v) is 10.3. The van der Waals surface area contributed by atoms with E-state index < -0.39 is 23.6 Å². The van der Waals surface area contributed by atoms with Gasteiger partial charge in [0.05, 0.1) is 6.54 Å². The molecule has 6 N–H and O–H groups in total. The topological polar surface area (TPSA) is 195 Å². The molecule has 2 aromatic heterocycles. The number of nitrogens with one attached hydrogen (secondary N) is 4. The van der Waals surface area contributed by atoms with E-state index in [9.17, 15) is 19.2 Å². The van der Waals surface area contributed by atoms with E-state index in [4.69, 9.17) is 15.2 Å². The molecular weight excluding hydrogens is 745 g/mol. The molecule has 2 heterocycles. The summed E-state index contributed by atoms with van der Waals surface area (Å²) in [5.74, 6) is 0.612. The number of nitrogens with two attached hydrogens (primary N) is 1. The number of imidazole rings is 1. The lowest BCUT2D eigenvalue weighted by atomic mass is 10.0. The first-order chi connectivity index (χ1) is 27.4. The van der Waals surface area contributed by atoms with Crippen LogP contribution < -0.4 is 27.4 Å². The van der Waals surface area contributed by atoms with Gasteiger partial charge in [-0.15, -0.1) is 0 Å². The molecule has 318 valence electrons. The molecule has 0 saturated carbocycles. The number of anilines is 3. The molecule has 3 rings (SSSR count). The average Bonchev–Trinajstić information content (AvgIpc) is 3.47. The van der Waals surface area contributed by atoms with Crippen LogP contribution in [0.3, 0.4) is 0 Å². The summed E-state index contributed by atoms with van der Waals surface area (Å²) in [6, 6.07) is 6.12. The van der Waals surface area contributed by atoms with Crippen LogP contribution in [-0.4, -0.2) is 73.8 Å². The number of benzene rings is 1. The minimum absolute atomic E-state index is 0.182. The fourth-order valence-corrected chi connectivity index (χ4v) is 7.01. The standard InChI is InChI=1S/C42H68N8O6S/c1-6-8-10-11-12-13-14-15-16-17-18-19-20-21-34(51)55-27-28-57-30-33(46-41(54)56-42(3,4)5)38(52)45-32-24-22-31(23-25-32)29-50-37-35(47-40(50)53)36(43)48-39(49-37)44-26-9-7-2/h22-25,33H,6-21,26-30H2,1-5H3,(H,45,52)(H,46,54)(H,47,53)(H3,43,44,48,49)/t33-/m0/s1. The van der Waals surface area contributed by atoms with Crippen molar-refractivity contribution in [3.63, 3.8) is 0 Å². The van der Waals surface area contributed by atoms with Gasteiger partial charge in [-0.05, 0) is 51.3 Å². The maximum Gasteiger partial charge on any atom is 0.408 e. The van der Waals surface area contributed by atoms with Crippen LogP contribution >= 0.6 is 11.8 Å². The number of rotatable bonds is 28.